The molecule has 1 aromatic carbocycles. The molecule has 0 saturated heterocycles. The smallest absolute Gasteiger partial charge is 0.303 e. The highest BCUT2D eigenvalue weighted by molar-refractivity contribution is 5.84. The lowest BCUT2D eigenvalue weighted by Gasteiger charge is -2.25. The minimum absolute atomic E-state index is 0.000468. The van der Waals surface area contributed by atoms with Crippen LogP contribution in [0.2, 0.25) is 0 Å². The summed E-state index contributed by atoms with van der Waals surface area (Å²) in [4.78, 5) is 22.3. The summed E-state index contributed by atoms with van der Waals surface area (Å²) in [6, 6.07) is 5.37. The van der Waals surface area contributed by atoms with E-state index < -0.39 is 11.6 Å². The Kier molecular flexibility index (Phi) is 5.49. The zero-order chi connectivity index (χ0) is 15.2. The number of carboxylic acids is 1. The Morgan fingerprint density at radius 1 is 1.30 bits per heavy atom. The average Bonchev–Trinajstić information content (AvgIpc) is 2.36. The van der Waals surface area contributed by atoms with E-state index in [0.717, 1.165) is 0 Å². The zero-order valence-corrected chi connectivity index (χ0v) is 11.5. The van der Waals surface area contributed by atoms with E-state index in [1.54, 1.807) is 13.8 Å². The van der Waals surface area contributed by atoms with Crippen molar-refractivity contribution >= 4 is 11.9 Å². The molecule has 0 saturated carbocycles. The van der Waals surface area contributed by atoms with Gasteiger partial charge in [0.05, 0.1) is 0 Å². The fourth-order valence-corrected chi connectivity index (χ4v) is 1.50. The van der Waals surface area contributed by atoms with Crippen LogP contribution in [0.4, 0.5) is 4.39 Å². The molecule has 0 fully saturated rings. The van der Waals surface area contributed by atoms with Crippen LogP contribution in [0.1, 0.15) is 26.7 Å². The van der Waals surface area contributed by atoms with Crippen LogP contribution in [0.3, 0.4) is 0 Å². The molecule has 1 aromatic rings. The van der Waals surface area contributed by atoms with Crippen molar-refractivity contribution in [3.8, 4) is 5.75 Å². The molecular formula is C14H18FNO4. The number of hydrogen-bond donors (Lipinski definition) is 2. The molecular weight excluding hydrogens is 265 g/mol. The van der Waals surface area contributed by atoms with Crippen LogP contribution in [-0.2, 0) is 9.59 Å². The van der Waals surface area contributed by atoms with Crippen LogP contribution in [-0.4, -0.2) is 29.1 Å². The highest BCUT2D eigenvalue weighted by Gasteiger charge is 2.29. The Bertz CT molecular complexity index is 471. The van der Waals surface area contributed by atoms with Crippen LogP contribution >= 0.6 is 0 Å². The average molecular weight is 283 g/mol. The molecule has 0 aliphatic carbocycles. The van der Waals surface area contributed by atoms with Crippen LogP contribution in [0, 0.1) is 5.82 Å². The summed E-state index contributed by atoms with van der Waals surface area (Å²) in [7, 11) is 0. The van der Waals surface area contributed by atoms with Gasteiger partial charge >= 0.3 is 5.97 Å². The highest BCUT2D eigenvalue weighted by Crippen LogP contribution is 2.18. The molecule has 0 spiro atoms. The number of amides is 1. The summed E-state index contributed by atoms with van der Waals surface area (Å²) in [5.41, 5.74) is -1.12. The van der Waals surface area contributed by atoms with Gasteiger partial charge < -0.3 is 15.2 Å². The second-order valence-electron chi connectivity index (χ2n) is 4.82. The molecule has 1 rings (SSSR count). The normalized spacial score (nSPS) is 10.9. The summed E-state index contributed by atoms with van der Waals surface area (Å²) in [5.74, 6) is -1.25. The monoisotopic (exact) mass is 283 g/mol. The maximum Gasteiger partial charge on any atom is 0.303 e. The molecule has 0 aliphatic heterocycles. The van der Waals surface area contributed by atoms with Crippen molar-refractivity contribution in [1.29, 1.82) is 0 Å². The van der Waals surface area contributed by atoms with E-state index in [2.05, 4.69) is 5.32 Å². The fraction of sp³-hybridized carbons (Fsp3) is 0.429. The minimum atomic E-state index is -1.12. The molecule has 5 nitrogen and oxygen atoms in total. The summed E-state index contributed by atoms with van der Waals surface area (Å²) in [6.45, 7) is 3.44. The van der Waals surface area contributed by atoms with Crippen molar-refractivity contribution in [2.24, 2.45) is 0 Å². The Morgan fingerprint density at radius 3 is 2.45 bits per heavy atom. The lowest BCUT2D eigenvalue weighted by molar-refractivity contribution is -0.138. The Morgan fingerprint density at radius 2 is 1.90 bits per heavy atom. The molecule has 1 amide bonds. The van der Waals surface area contributed by atoms with E-state index >= 15 is 0 Å². The Labute approximate surface area is 116 Å². The molecule has 0 aromatic heterocycles. The maximum atomic E-state index is 12.8. The Balaban J connectivity index is 2.48. The predicted molar refractivity (Wildman–Crippen MR) is 71.0 cm³/mol. The minimum Gasteiger partial charge on any atom is -0.481 e. The molecule has 20 heavy (non-hydrogen) atoms. The van der Waals surface area contributed by atoms with Gasteiger partial charge in [-0.2, -0.15) is 0 Å². The van der Waals surface area contributed by atoms with Crippen molar-refractivity contribution in [2.75, 3.05) is 6.54 Å². The second kappa shape index (κ2) is 6.88. The van der Waals surface area contributed by atoms with Gasteiger partial charge in [0.15, 0.2) is 5.60 Å². The van der Waals surface area contributed by atoms with E-state index in [0.29, 0.717) is 12.2 Å². The fourth-order valence-electron chi connectivity index (χ4n) is 1.50. The Hall–Kier alpha value is -2.11. The molecule has 0 bridgehead atoms. The summed E-state index contributed by atoms with van der Waals surface area (Å²) in [5, 5.41) is 11.1. The van der Waals surface area contributed by atoms with Gasteiger partial charge in [-0.05, 0) is 44.5 Å². The number of nitrogens with one attached hydrogen (secondary N) is 1. The van der Waals surface area contributed by atoms with Gasteiger partial charge in [0.25, 0.3) is 5.91 Å². The summed E-state index contributed by atoms with van der Waals surface area (Å²) in [6.07, 6.45) is 0.354. The third-order valence-corrected chi connectivity index (χ3v) is 2.59. The predicted octanol–water partition coefficient (Wildman–Crippen LogP) is 1.96. The van der Waals surface area contributed by atoms with Crippen molar-refractivity contribution < 1.29 is 23.8 Å². The lowest BCUT2D eigenvalue weighted by Crippen LogP contribution is -2.46. The van der Waals surface area contributed by atoms with Crippen molar-refractivity contribution in [1.82, 2.24) is 5.32 Å². The van der Waals surface area contributed by atoms with Gasteiger partial charge in [0.1, 0.15) is 11.6 Å². The quantitative estimate of drug-likeness (QED) is 0.750. The van der Waals surface area contributed by atoms with Gasteiger partial charge in [-0.1, -0.05) is 0 Å². The van der Waals surface area contributed by atoms with Crippen molar-refractivity contribution in [3.05, 3.63) is 30.1 Å². The number of ether oxygens (including phenoxy) is 1. The molecule has 2 N–H and O–H groups in total. The third-order valence-electron chi connectivity index (χ3n) is 2.59. The van der Waals surface area contributed by atoms with Gasteiger partial charge in [0.2, 0.25) is 0 Å². The highest BCUT2D eigenvalue weighted by atomic mass is 19.1. The van der Waals surface area contributed by atoms with E-state index in [1.807, 2.05) is 0 Å². The van der Waals surface area contributed by atoms with Gasteiger partial charge in [-0.15, -0.1) is 0 Å². The van der Waals surface area contributed by atoms with Gasteiger partial charge in [-0.3, -0.25) is 9.59 Å². The molecule has 0 radical (unpaired) electrons. The van der Waals surface area contributed by atoms with E-state index in [-0.39, 0.29) is 24.7 Å². The molecule has 0 unspecified atom stereocenters. The van der Waals surface area contributed by atoms with Gasteiger partial charge in [0, 0.05) is 13.0 Å². The number of carboxylic acid groups (broad SMARTS) is 1. The molecule has 0 atom stereocenters. The van der Waals surface area contributed by atoms with Crippen molar-refractivity contribution in [3.63, 3.8) is 0 Å². The second-order valence-corrected chi connectivity index (χ2v) is 4.82. The molecule has 6 heteroatoms. The van der Waals surface area contributed by atoms with Crippen molar-refractivity contribution in [2.45, 2.75) is 32.3 Å². The van der Waals surface area contributed by atoms with E-state index in [1.165, 1.54) is 24.3 Å². The molecule has 0 aliphatic rings. The van der Waals surface area contributed by atoms with Crippen LogP contribution < -0.4 is 10.1 Å². The number of aliphatic carboxylic acids is 1. The first-order valence-corrected chi connectivity index (χ1v) is 6.26. The first-order valence-electron chi connectivity index (χ1n) is 6.26. The zero-order valence-electron chi connectivity index (χ0n) is 11.5. The number of benzene rings is 1. The molecule has 110 valence electrons. The van der Waals surface area contributed by atoms with Gasteiger partial charge in [-0.25, -0.2) is 4.39 Å². The van der Waals surface area contributed by atoms with Crippen LogP contribution in [0.15, 0.2) is 24.3 Å². The topological polar surface area (TPSA) is 75.6 Å². The number of carbonyl (C=O) groups is 2. The number of carbonyl (C=O) groups excluding carboxylic acids is 1. The largest absolute Gasteiger partial charge is 0.481 e. The summed E-state index contributed by atoms with van der Waals surface area (Å²) >= 11 is 0. The number of hydrogen-bond acceptors (Lipinski definition) is 3. The lowest BCUT2D eigenvalue weighted by atomic mass is 10.1. The molecule has 0 heterocycles. The first-order chi connectivity index (χ1) is 9.31. The standard InChI is InChI=1S/C14H18FNO4/c1-14(2,13(19)16-9-3-4-12(17)18)20-11-7-5-10(15)6-8-11/h5-8H,3-4,9H2,1-2H3,(H,16,19)(H,17,18). The van der Waals surface area contributed by atoms with Crippen LogP contribution in [0.5, 0.6) is 5.75 Å². The maximum absolute atomic E-state index is 12.8. The number of rotatable bonds is 7. The first kappa shape index (κ1) is 15.9. The number of halogens is 1. The SMILES string of the molecule is CC(C)(Oc1ccc(F)cc1)C(=O)NCCCC(=O)O. The third kappa shape index (κ3) is 5.26. The summed E-state index contributed by atoms with van der Waals surface area (Å²) < 4.78 is 18.3. The van der Waals surface area contributed by atoms with Crippen LogP contribution in [0.25, 0.3) is 0 Å². The van der Waals surface area contributed by atoms with E-state index in [4.69, 9.17) is 9.84 Å². The van der Waals surface area contributed by atoms with E-state index in [9.17, 15) is 14.0 Å².